The molecule has 2 atom stereocenters. The fourth-order valence-electron chi connectivity index (χ4n) is 3.33. The Morgan fingerprint density at radius 3 is 2.72 bits per heavy atom. The van der Waals surface area contributed by atoms with Gasteiger partial charge in [0.15, 0.2) is 0 Å². The van der Waals surface area contributed by atoms with Gasteiger partial charge in [0.1, 0.15) is 5.75 Å². The Kier molecular flexibility index (Phi) is 2.77. The van der Waals surface area contributed by atoms with Crippen molar-refractivity contribution in [2.24, 2.45) is 17.8 Å². The van der Waals surface area contributed by atoms with E-state index in [1.807, 2.05) is 25.1 Å². The third-order valence-corrected chi connectivity index (χ3v) is 4.38. The van der Waals surface area contributed by atoms with Gasteiger partial charge >= 0.3 is 0 Å². The normalized spacial score (nSPS) is 28.7. The molecule has 0 spiro atoms. The van der Waals surface area contributed by atoms with E-state index in [1.165, 1.54) is 19.3 Å². The van der Waals surface area contributed by atoms with Crippen molar-refractivity contribution in [1.82, 2.24) is 0 Å². The number of fused-ring (bicyclic) bond motifs is 1. The summed E-state index contributed by atoms with van der Waals surface area (Å²) in [5, 5.41) is 3.02. The smallest absolute Gasteiger partial charge is 0.228 e. The van der Waals surface area contributed by atoms with E-state index in [0.717, 1.165) is 17.0 Å². The number of carbonyl (C=O) groups is 1. The molecule has 1 N–H and O–H groups in total. The molecule has 3 rings (SSSR count). The Morgan fingerprint density at radius 1 is 1.33 bits per heavy atom. The molecular formula is C15H19NO2. The molecule has 0 bridgehead atoms. The molecule has 2 fully saturated rings. The molecule has 1 aromatic carbocycles. The van der Waals surface area contributed by atoms with E-state index in [4.69, 9.17) is 4.74 Å². The lowest BCUT2D eigenvalue weighted by atomic mass is 10.1. The average Bonchev–Trinajstić information content (AvgIpc) is 2.86. The number of methoxy groups -OCH3 is 1. The third kappa shape index (κ3) is 1.88. The topological polar surface area (TPSA) is 38.3 Å². The van der Waals surface area contributed by atoms with Crippen LogP contribution in [0.2, 0.25) is 0 Å². The van der Waals surface area contributed by atoms with Crippen molar-refractivity contribution in [3.8, 4) is 5.75 Å². The van der Waals surface area contributed by atoms with E-state index in [-0.39, 0.29) is 11.8 Å². The van der Waals surface area contributed by atoms with Crippen molar-refractivity contribution in [2.75, 3.05) is 12.4 Å². The summed E-state index contributed by atoms with van der Waals surface area (Å²) in [5.74, 6) is 2.61. The van der Waals surface area contributed by atoms with Gasteiger partial charge in [-0.3, -0.25) is 4.79 Å². The molecule has 1 amide bonds. The van der Waals surface area contributed by atoms with E-state index >= 15 is 0 Å². The summed E-state index contributed by atoms with van der Waals surface area (Å²) in [6.07, 6.45) is 3.78. The standard InChI is InChI=1S/C15H19NO2/c1-9-6-7-10(8-13(9)18-2)16-15(17)14-11-4-3-5-12(11)14/h6-8,11-12,14H,3-5H2,1-2H3,(H,16,17). The van der Waals surface area contributed by atoms with Gasteiger partial charge in [-0.2, -0.15) is 0 Å². The number of benzene rings is 1. The van der Waals surface area contributed by atoms with Gasteiger partial charge in [0, 0.05) is 17.7 Å². The summed E-state index contributed by atoms with van der Waals surface area (Å²) in [6, 6.07) is 5.81. The second-order valence-electron chi connectivity index (χ2n) is 5.46. The Morgan fingerprint density at radius 2 is 2.06 bits per heavy atom. The van der Waals surface area contributed by atoms with Crippen LogP contribution in [-0.2, 0) is 4.79 Å². The first kappa shape index (κ1) is 11.6. The maximum Gasteiger partial charge on any atom is 0.228 e. The molecule has 0 aromatic heterocycles. The molecule has 2 unspecified atom stereocenters. The van der Waals surface area contributed by atoms with Crippen LogP contribution in [0.4, 0.5) is 5.69 Å². The molecule has 96 valence electrons. The number of anilines is 1. The van der Waals surface area contributed by atoms with E-state index in [9.17, 15) is 4.79 Å². The number of hydrogen-bond acceptors (Lipinski definition) is 2. The third-order valence-electron chi connectivity index (χ3n) is 4.38. The first-order valence-electron chi connectivity index (χ1n) is 6.66. The highest BCUT2D eigenvalue weighted by atomic mass is 16.5. The van der Waals surface area contributed by atoms with Gasteiger partial charge in [-0.1, -0.05) is 12.5 Å². The highest BCUT2D eigenvalue weighted by molar-refractivity contribution is 5.95. The minimum atomic E-state index is 0.190. The molecule has 1 aromatic rings. The van der Waals surface area contributed by atoms with Crippen LogP contribution in [0.15, 0.2) is 18.2 Å². The van der Waals surface area contributed by atoms with Crippen LogP contribution < -0.4 is 10.1 Å². The number of amides is 1. The monoisotopic (exact) mass is 245 g/mol. The Balaban J connectivity index is 1.67. The Hall–Kier alpha value is -1.51. The van der Waals surface area contributed by atoms with Crippen LogP contribution in [0.3, 0.4) is 0 Å². The quantitative estimate of drug-likeness (QED) is 0.889. The van der Waals surface area contributed by atoms with Crippen LogP contribution in [-0.4, -0.2) is 13.0 Å². The van der Waals surface area contributed by atoms with E-state index in [2.05, 4.69) is 5.32 Å². The number of hydrogen-bond donors (Lipinski definition) is 1. The van der Waals surface area contributed by atoms with Crippen LogP contribution in [0, 0.1) is 24.7 Å². The van der Waals surface area contributed by atoms with Gasteiger partial charge in [-0.05, 0) is 43.2 Å². The van der Waals surface area contributed by atoms with Crippen molar-refractivity contribution < 1.29 is 9.53 Å². The molecule has 0 radical (unpaired) electrons. The molecule has 2 aliphatic carbocycles. The van der Waals surface area contributed by atoms with E-state index in [0.29, 0.717) is 11.8 Å². The molecule has 3 heteroatoms. The van der Waals surface area contributed by atoms with Crippen molar-refractivity contribution in [1.29, 1.82) is 0 Å². The number of aryl methyl sites for hydroxylation is 1. The fraction of sp³-hybridized carbons (Fsp3) is 0.533. The van der Waals surface area contributed by atoms with Crippen molar-refractivity contribution in [3.05, 3.63) is 23.8 Å². The van der Waals surface area contributed by atoms with Gasteiger partial charge in [0.05, 0.1) is 7.11 Å². The van der Waals surface area contributed by atoms with Crippen LogP contribution in [0.25, 0.3) is 0 Å². The predicted octanol–water partition coefficient (Wildman–Crippen LogP) is 2.99. The number of nitrogens with one attached hydrogen (secondary N) is 1. The average molecular weight is 245 g/mol. The summed E-state index contributed by atoms with van der Waals surface area (Å²) in [5.41, 5.74) is 1.92. The zero-order valence-corrected chi connectivity index (χ0v) is 10.9. The summed E-state index contributed by atoms with van der Waals surface area (Å²) >= 11 is 0. The van der Waals surface area contributed by atoms with Gasteiger partial charge < -0.3 is 10.1 Å². The SMILES string of the molecule is COc1cc(NC(=O)C2C3CCCC32)ccc1C. The predicted molar refractivity (Wildman–Crippen MR) is 70.7 cm³/mol. The summed E-state index contributed by atoms with van der Waals surface area (Å²) in [4.78, 5) is 12.1. The van der Waals surface area contributed by atoms with E-state index in [1.54, 1.807) is 7.11 Å². The van der Waals surface area contributed by atoms with Crippen molar-refractivity contribution in [2.45, 2.75) is 26.2 Å². The lowest BCUT2D eigenvalue weighted by Crippen LogP contribution is -2.16. The van der Waals surface area contributed by atoms with Gasteiger partial charge in [-0.25, -0.2) is 0 Å². The fourth-order valence-corrected chi connectivity index (χ4v) is 3.33. The summed E-state index contributed by atoms with van der Waals surface area (Å²) < 4.78 is 5.27. The molecular weight excluding hydrogens is 226 g/mol. The zero-order valence-electron chi connectivity index (χ0n) is 10.9. The summed E-state index contributed by atoms with van der Waals surface area (Å²) in [7, 11) is 1.65. The van der Waals surface area contributed by atoms with Gasteiger partial charge in [0.2, 0.25) is 5.91 Å². The van der Waals surface area contributed by atoms with E-state index < -0.39 is 0 Å². The number of rotatable bonds is 3. The van der Waals surface area contributed by atoms with Crippen LogP contribution in [0.5, 0.6) is 5.75 Å². The molecule has 2 saturated carbocycles. The number of ether oxygens (including phenoxy) is 1. The molecule has 2 aliphatic rings. The lowest BCUT2D eigenvalue weighted by Gasteiger charge is -2.10. The molecule has 0 heterocycles. The first-order valence-corrected chi connectivity index (χ1v) is 6.66. The zero-order chi connectivity index (χ0) is 12.7. The molecule has 0 aliphatic heterocycles. The maximum absolute atomic E-state index is 12.1. The molecule has 3 nitrogen and oxygen atoms in total. The number of carbonyl (C=O) groups excluding carboxylic acids is 1. The van der Waals surface area contributed by atoms with Gasteiger partial charge in [0.25, 0.3) is 0 Å². The van der Waals surface area contributed by atoms with Crippen LogP contribution in [0.1, 0.15) is 24.8 Å². The highest BCUT2D eigenvalue weighted by Crippen LogP contribution is 2.57. The Bertz CT molecular complexity index is 473. The van der Waals surface area contributed by atoms with Gasteiger partial charge in [-0.15, -0.1) is 0 Å². The molecule has 18 heavy (non-hydrogen) atoms. The maximum atomic E-state index is 12.1. The van der Waals surface area contributed by atoms with Crippen LogP contribution >= 0.6 is 0 Å². The molecule has 0 saturated heterocycles. The first-order chi connectivity index (χ1) is 8.70. The summed E-state index contributed by atoms with van der Waals surface area (Å²) in [6.45, 7) is 2.00. The highest BCUT2D eigenvalue weighted by Gasteiger charge is 2.56. The van der Waals surface area contributed by atoms with Crippen molar-refractivity contribution in [3.63, 3.8) is 0 Å². The van der Waals surface area contributed by atoms with Crippen molar-refractivity contribution >= 4 is 11.6 Å². The Labute approximate surface area is 108 Å². The largest absolute Gasteiger partial charge is 0.496 e. The minimum absolute atomic E-state index is 0.190. The minimum Gasteiger partial charge on any atom is -0.496 e. The second-order valence-corrected chi connectivity index (χ2v) is 5.46. The second kappa shape index (κ2) is 4.30. The lowest BCUT2D eigenvalue weighted by molar-refractivity contribution is -0.118.